The second-order valence-corrected chi connectivity index (χ2v) is 5.79. The van der Waals surface area contributed by atoms with Crippen molar-refractivity contribution in [2.45, 2.75) is 13.8 Å². The standard InChI is InChI=1S/C15H14BrClN2O/c1-8-6-10(17)7-9(2)14(8)20-12-5-3-4-11(16)13(12)15(18)19/h3-7H,1-2H3,(H3,18,19). The van der Waals surface area contributed by atoms with Gasteiger partial charge in [-0.1, -0.05) is 17.7 Å². The highest BCUT2D eigenvalue weighted by Crippen LogP contribution is 2.35. The molecule has 0 unspecified atom stereocenters. The number of nitrogens with two attached hydrogens (primary N) is 1. The Labute approximate surface area is 131 Å². The van der Waals surface area contributed by atoms with Crippen LogP contribution in [-0.4, -0.2) is 5.84 Å². The highest BCUT2D eigenvalue weighted by atomic mass is 79.9. The molecule has 5 heteroatoms. The lowest BCUT2D eigenvalue weighted by Crippen LogP contribution is -2.13. The fourth-order valence-corrected chi connectivity index (χ4v) is 2.91. The summed E-state index contributed by atoms with van der Waals surface area (Å²) in [5.41, 5.74) is 8.03. The lowest BCUT2D eigenvalue weighted by Gasteiger charge is -2.15. The summed E-state index contributed by atoms with van der Waals surface area (Å²) in [6.07, 6.45) is 0. The molecule has 3 nitrogen and oxygen atoms in total. The van der Waals surface area contributed by atoms with Gasteiger partial charge in [0.2, 0.25) is 0 Å². The van der Waals surface area contributed by atoms with Crippen molar-refractivity contribution < 1.29 is 4.74 Å². The Hall–Kier alpha value is -1.52. The maximum Gasteiger partial charge on any atom is 0.139 e. The van der Waals surface area contributed by atoms with E-state index in [0.29, 0.717) is 16.3 Å². The summed E-state index contributed by atoms with van der Waals surface area (Å²) in [7, 11) is 0. The molecule has 20 heavy (non-hydrogen) atoms. The number of ether oxygens (including phenoxy) is 1. The van der Waals surface area contributed by atoms with Gasteiger partial charge in [-0.3, -0.25) is 5.41 Å². The van der Waals surface area contributed by atoms with Crippen molar-refractivity contribution in [3.63, 3.8) is 0 Å². The molecule has 2 rings (SSSR count). The summed E-state index contributed by atoms with van der Waals surface area (Å²) in [6.45, 7) is 3.86. The fraction of sp³-hybridized carbons (Fsp3) is 0.133. The van der Waals surface area contributed by atoms with E-state index in [0.717, 1.165) is 21.3 Å². The normalized spacial score (nSPS) is 10.4. The highest BCUT2D eigenvalue weighted by Gasteiger charge is 2.14. The molecular weight excluding hydrogens is 340 g/mol. The molecule has 2 aromatic carbocycles. The Kier molecular flexibility index (Phi) is 4.35. The largest absolute Gasteiger partial charge is 0.456 e. The number of benzene rings is 2. The quantitative estimate of drug-likeness (QED) is 0.615. The number of halogens is 2. The molecule has 104 valence electrons. The number of nitrogens with one attached hydrogen (secondary N) is 1. The zero-order chi connectivity index (χ0) is 14.9. The van der Waals surface area contributed by atoms with Gasteiger partial charge in [-0.15, -0.1) is 0 Å². The lowest BCUT2D eigenvalue weighted by molar-refractivity contribution is 0.473. The summed E-state index contributed by atoms with van der Waals surface area (Å²) in [6, 6.07) is 9.14. The molecule has 2 aromatic rings. The molecule has 0 amide bonds. The van der Waals surface area contributed by atoms with Crippen LogP contribution < -0.4 is 10.5 Å². The first kappa shape index (κ1) is 14.9. The van der Waals surface area contributed by atoms with E-state index in [4.69, 9.17) is 27.5 Å². The van der Waals surface area contributed by atoms with Gasteiger partial charge >= 0.3 is 0 Å². The minimum Gasteiger partial charge on any atom is -0.456 e. The molecule has 3 N–H and O–H groups in total. The van der Waals surface area contributed by atoms with E-state index in [1.165, 1.54) is 0 Å². The van der Waals surface area contributed by atoms with E-state index in [1.807, 2.05) is 38.1 Å². The van der Waals surface area contributed by atoms with Crippen molar-refractivity contribution in [3.05, 3.63) is 56.5 Å². The summed E-state index contributed by atoms with van der Waals surface area (Å²) in [4.78, 5) is 0. The predicted molar refractivity (Wildman–Crippen MR) is 86.2 cm³/mol. The van der Waals surface area contributed by atoms with Crippen LogP contribution in [-0.2, 0) is 0 Å². The van der Waals surface area contributed by atoms with Crippen molar-refractivity contribution in [1.82, 2.24) is 0 Å². The minimum absolute atomic E-state index is 0.0447. The molecule has 0 radical (unpaired) electrons. The first-order valence-corrected chi connectivity index (χ1v) is 7.14. The van der Waals surface area contributed by atoms with Gasteiger partial charge in [-0.05, 0) is 65.2 Å². The Balaban J connectivity index is 2.51. The Bertz CT molecular complexity index is 663. The van der Waals surface area contributed by atoms with Crippen LogP contribution in [0, 0.1) is 19.3 Å². The molecule has 0 aliphatic carbocycles. The molecule has 0 saturated carbocycles. The molecule has 0 spiro atoms. The Morgan fingerprint density at radius 1 is 1.25 bits per heavy atom. The second kappa shape index (κ2) is 5.85. The number of nitrogen functional groups attached to an aromatic ring is 1. The van der Waals surface area contributed by atoms with E-state index in [1.54, 1.807) is 6.07 Å². The van der Waals surface area contributed by atoms with Gasteiger partial charge in [0.15, 0.2) is 0 Å². The average molecular weight is 354 g/mol. The predicted octanol–water partition coefficient (Wildman–Crippen LogP) is 4.80. The summed E-state index contributed by atoms with van der Waals surface area (Å²) >= 11 is 9.40. The maximum absolute atomic E-state index is 7.67. The van der Waals surface area contributed by atoms with E-state index < -0.39 is 0 Å². The average Bonchev–Trinajstić information content (AvgIpc) is 2.33. The van der Waals surface area contributed by atoms with Crippen LogP contribution in [0.4, 0.5) is 0 Å². The third-order valence-corrected chi connectivity index (χ3v) is 3.76. The van der Waals surface area contributed by atoms with Gasteiger partial charge < -0.3 is 10.5 Å². The topological polar surface area (TPSA) is 59.1 Å². The van der Waals surface area contributed by atoms with Gasteiger partial charge in [-0.2, -0.15) is 0 Å². The van der Waals surface area contributed by atoms with Gasteiger partial charge in [0.1, 0.15) is 17.3 Å². The van der Waals surface area contributed by atoms with Crippen molar-refractivity contribution in [3.8, 4) is 11.5 Å². The van der Waals surface area contributed by atoms with Gasteiger partial charge in [0.25, 0.3) is 0 Å². The van der Waals surface area contributed by atoms with Crippen LogP contribution in [0.3, 0.4) is 0 Å². The number of hydrogen-bond donors (Lipinski definition) is 2. The van der Waals surface area contributed by atoms with Gasteiger partial charge in [0, 0.05) is 9.50 Å². The third-order valence-electron chi connectivity index (χ3n) is 2.88. The maximum atomic E-state index is 7.67. The zero-order valence-electron chi connectivity index (χ0n) is 11.1. The fourth-order valence-electron chi connectivity index (χ4n) is 2.02. The zero-order valence-corrected chi connectivity index (χ0v) is 13.5. The molecule has 0 saturated heterocycles. The first-order chi connectivity index (χ1) is 9.40. The number of hydrogen-bond acceptors (Lipinski definition) is 2. The van der Waals surface area contributed by atoms with Crippen LogP contribution >= 0.6 is 27.5 Å². The summed E-state index contributed by atoms with van der Waals surface area (Å²) < 4.78 is 6.69. The van der Waals surface area contributed by atoms with E-state index >= 15 is 0 Å². The molecule has 0 aliphatic heterocycles. The van der Waals surface area contributed by atoms with Crippen LogP contribution in [0.25, 0.3) is 0 Å². The monoisotopic (exact) mass is 352 g/mol. The first-order valence-electron chi connectivity index (χ1n) is 5.97. The second-order valence-electron chi connectivity index (χ2n) is 4.50. The van der Waals surface area contributed by atoms with Crippen LogP contribution in [0.1, 0.15) is 16.7 Å². The lowest BCUT2D eigenvalue weighted by atomic mass is 10.1. The Morgan fingerprint density at radius 3 is 2.40 bits per heavy atom. The van der Waals surface area contributed by atoms with Crippen molar-refractivity contribution >= 4 is 33.4 Å². The Morgan fingerprint density at radius 2 is 1.85 bits per heavy atom. The summed E-state index contributed by atoms with van der Waals surface area (Å²) in [5.74, 6) is 1.23. The highest BCUT2D eigenvalue weighted by molar-refractivity contribution is 9.10. The molecule has 0 fully saturated rings. The van der Waals surface area contributed by atoms with Crippen LogP contribution in [0.5, 0.6) is 11.5 Å². The molecule has 0 aromatic heterocycles. The van der Waals surface area contributed by atoms with Crippen molar-refractivity contribution in [2.75, 3.05) is 0 Å². The van der Waals surface area contributed by atoms with Crippen molar-refractivity contribution in [1.29, 1.82) is 5.41 Å². The smallest absolute Gasteiger partial charge is 0.139 e. The van der Waals surface area contributed by atoms with Gasteiger partial charge in [0.05, 0.1) is 5.56 Å². The molecule has 0 bridgehead atoms. The van der Waals surface area contributed by atoms with E-state index in [-0.39, 0.29) is 5.84 Å². The van der Waals surface area contributed by atoms with Gasteiger partial charge in [-0.25, -0.2) is 0 Å². The molecule has 0 heterocycles. The number of aryl methyl sites for hydroxylation is 2. The minimum atomic E-state index is -0.0447. The van der Waals surface area contributed by atoms with E-state index in [2.05, 4.69) is 15.9 Å². The number of rotatable bonds is 3. The molecule has 0 atom stereocenters. The molecular formula is C15H14BrClN2O. The van der Waals surface area contributed by atoms with Crippen LogP contribution in [0.2, 0.25) is 5.02 Å². The van der Waals surface area contributed by atoms with Crippen LogP contribution in [0.15, 0.2) is 34.8 Å². The third kappa shape index (κ3) is 2.97. The van der Waals surface area contributed by atoms with E-state index in [9.17, 15) is 0 Å². The van der Waals surface area contributed by atoms with Crippen molar-refractivity contribution in [2.24, 2.45) is 5.73 Å². The summed E-state index contributed by atoms with van der Waals surface area (Å²) in [5, 5.41) is 8.35. The SMILES string of the molecule is Cc1cc(Cl)cc(C)c1Oc1cccc(Br)c1C(=N)N. The number of amidine groups is 1. The molecule has 0 aliphatic rings.